The Hall–Kier alpha value is -2.02. The van der Waals surface area contributed by atoms with Crippen LogP contribution < -0.4 is 0 Å². The molecule has 1 saturated heterocycles. The van der Waals surface area contributed by atoms with Crippen molar-refractivity contribution in [3.8, 4) is 11.3 Å². The second-order valence-corrected chi connectivity index (χ2v) is 6.83. The number of ether oxygens (including phenoxy) is 1. The van der Waals surface area contributed by atoms with Crippen molar-refractivity contribution in [1.29, 1.82) is 0 Å². The Kier molecular flexibility index (Phi) is 5.32. The van der Waals surface area contributed by atoms with Crippen molar-refractivity contribution in [2.45, 2.75) is 32.6 Å². The average molecular weight is 362 g/mol. The number of hydrogen-bond donors (Lipinski definition) is 0. The predicted molar refractivity (Wildman–Crippen MR) is 96.6 cm³/mol. The van der Waals surface area contributed by atoms with E-state index in [2.05, 4.69) is 23.7 Å². The Labute approximate surface area is 151 Å². The van der Waals surface area contributed by atoms with Gasteiger partial charge >= 0.3 is 0 Å². The number of nitro groups is 1. The van der Waals surface area contributed by atoms with Gasteiger partial charge in [-0.15, -0.1) is 0 Å². The van der Waals surface area contributed by atoms with Gasteiger partial charge in [-0.25, -0.2) is 4.98 Å². The van der Waals surface area contributed by atoms with Gasteiger partial charge in [0.2, 0.25) is 0 Å². The highest BCUT2D eigenvalue weighted by atomic mass is 35.5. The molecule has 1 fully saturated rings. The lowest BCUT2D eigenvalue weighted by molar-refractivity contribution is -0.384. The normalized spacial score (nSPS) is 21.2. The van der Waals surface area contributed by atoms with Crippen LogP contribution in [0.3, 0.4) is 0 Å². The van der Waals surface area contributed by atoms with Crippen molar-refractivity contribution in [3.63, 3.8) is 0 Å². The number of benzene rings is 1. The molecule has 6 nitrogen and oxygen atoms in total. The topological polar surface area (TPSA) is 68.5 Å². The zero-order valence-electron chi connectivity index (χ0n) is 14.2. The molecule has 0 radical (unpaired) electrons. The molecule has 1 aromatic carbocycles. The number of rotatable bonds is 4. The Morgan fingerprint density at radius 3 is 2.68 bits per heavy atom. The molecule has 2 unspecified atom stereocenters. The van der Waals surface area contributed by atoms with Crippen LogP contribution in [0.5, 0.6) is 0 Å². The van der Waals surface area contributed by atoms with E-state index in [0.29, 0.717) is 16.4 Å². The van der Waals surface area contributed by atoms with Gasteiger partial charge in [-0.3, -0.25) is 15.0 Å². The summed E-state index contributed by atoms with van der Waals surface area (Å²) in [4.78, 5) is 17.2. The third kappa shape index (κ3) is 4.54. The van der Waals surface area contributed by atoms with Gasteiger partial charge in [0.15, 0.2) is 0 Å². The van der Waals surface area contributed by atoms with Gasteiger partial charge in [-0.1, -0.05) is 23.7 Å². The van der Waals surface area contributed by atoms with Crippen LogP contribution in [0.1, 0.15) is 19.4 Å². The maximum atomic E-state index is 11.0. The first-order valence-corrected chi connectivity index (χ1v) is 8.57. The number of morpholine rings is 1. The van der Waals surface area contributed by atoms with Crippen molar-refractivity contribution in [3.05, 3.63) is 57.2 Å². The van der Waals surface area contributed by atoms with E-state index in [1.54, 1.807) is 12.1 Å². The zero-order chi connectivity index (χ0) is 18.0. The minimum absolute atomic E-state index is 0.0386. The van der Waals surface area contributed by atoms with E-state index in [4.69, 9.17) is 16.3 Å². The molecule has 132 valence electrons. The van der Waals surface area contributed by atoms with Crippen LogP contribution in [0.4, 0.5) is 5.69 Å². The number of nitrogens with zero attached hydrogens (tertiary/aromatic N) is 3. The van der Waals surface area contributed by atoms with Gasteiger partial charge in [-0.2, -0.15) is 0 Å². The van der Waals surface area contributed by atoms with E-state index in [1.165, 1.54) is 12.1 Å². The monoisotopic (exact) mass is 361 g/mol. The van der Waals surface area contributed by atoms with Gasteiger partial charge in [-0.05, 0) is 31.5 Å². The summed E-state index contributed by atoms with van der Waals surface area (Å²) in [5, 5.41) is 11.4. The van der Waals surface area contributed by atoms with Crippen molar-refractivity contribution in [1.82, 2.24) is 9.88 Å². The second kappa shape index (κ2) is 7.47. The SMILES string of the molecule is CC1CN(Cc2cc(Cl)nc(-c3cccc([N+](=O)[O-])c3)c2)CC(C)O1. The first-order chi connectivity index (χ1) is 11.9. The van der Waals surface area contributed by atoms with Crippen molar-refractivity contribution >= 4 is 17.3 Å². The molecule has 0 spiro atoms. The summed E-state index contributed by atoms with van der Waals surface area (Å²) in [7, 11) is 0. The number of hydrogen-bond acceptors (Lipinski definition) is 5. The molecule has 1 aliphatic heterocycles. The molecule has 0 saturated carbocycles. The highest BCUT2D eigenvalue weighted by Gasteiger charge is 2.22. The van der Waals surface area contributed by atoms with Gasteiger partial charge in [0.1, 0.15) is 5.15 Å². The first-order valence-electron chi connectivity index (χ1n) is 8.20. The Morgan fingerprint density at radius 2 is 2.00 bits per heavy atom. The summed E-state index contributed by atoms with van der Waals surface area (Å²) in [5.74, 6) is 0. The molecule has 0 aliphatic carbocycles. The van der Waals surface area contributed by atoms with Crippen LogP contribution in [0, 0.1) is 10.1 Å². The second-order valence-electron chi connectivity index (χ2n) is 6.44. The van der Waals surface area contributed by atoms with E-state index in [9.17, 15) is 10.1 Å². The van der Waals surface area contributed by atoms with E-state index < -0.39 is 4.92 Å². The smallest absolute Gasteiger partial charge is 0.270 e. The molecule has 7 heteroatoms. The number of non-ortho nitro benzene ring substituents is 1. The molecule has 2 heterocycles. The predicted octanol–water partition coefficient (Wildman–Crippen LogP) is 3.92. The Bertz CT molecular complexity index is 774. The highest BCUT2D eigenvalue weighted by molar-refractivity contribution is 6.29. The van der Waals surface area contributed by atoms with Gasteiger partial charge in [0.05, 0.1) is 22.8 Å². The number of nitro benzene ring substituents is 1. The first kappa shape index (κ1) is 17.8. The molecule has 3 rings (SSSR count). The lowest BCUT2D eigenvalue weighted by Gasteiger charge is -2.35. The number of halogens is 1. The van der Waals surface area contributed by atoms with Gasteiger partial charge in [0, 0.05) is 37.3 Å². The maximum absolute atomic E-state index is 11.0. The van der Waals surface area contributed by atoms with Crippen LogP contribution in [0.2, 0.25) is 5.15 Å². The fourth-order valence-electron chi connectivity index (χ4n) is 3.24. The molecule has 0 amide bonds. The number of aromatic nitrogens is 1. The standard InChI is InChI=1S/C18H20ClN3O3/c1-12-9-21(10-13(2)25-12)11-14-6-17(20-18(19)7-14)15-4-3-5-16(8-15)22(23)24/h3-8,12-13H,9-11H2,1-2H3. The van der Waals surface area contributed by atoms with E-state index in [-0.39, 0.29) is 17.9 Å². The molecule has 0 N–H and O–H groups in total. The Balaban J connectivity index is 1.85. The Morgan fingerprint density at radius 1 is 1.28 bits per heavy atom. The molecule has 1 aromatic heterocycles. The fraction of sp³-hybridized carbons (Fsp3) is 0.389. The summed E-state index contributed by atoms with van der Waals surface area (Å²) >= 11 is 6.19. The van der Waals surface area contributed by atoms with Gasteiger partial charge in [0.25, 0.3) is 5.69 Å². The molecular weight excluding hydrogens is 342 g/mol. The van der Waals surface area contributed by atoms with E-state index in [0.717, 1.165) is 25.2 Å². The van der Waals surface area contributed by atoms with E-state index in [1.807, 2.05) is 12.1 Å². The summed E-state index contributed by atoms with van der Waals surface area (Å²) in [6.07, 6.45) is 0.384. The quantitative estimate of drug-likeness (QED) is 0.469. The zero-order valence-corrected chi connectivity index (χ0v) is 14.9. The minimum Gasteiger partial charge on any atom is -0.373 e. The van der Waals surface area contributed by atoms with E-state index >= 15 is 0 Å². The van der Waals surface area contributed by atoms with Crippen molar-refractivity contribution < 1.29 is 9.66 Å². The summed E-state index contributed by atoms with van der Waals surface area (Å²) in [5.41, 5.74) is 2.39. The summed E-state index contributed by atoms with van der Waals surface area (Å²) < 4.78 is 5.76. The number of pyridine rings is 1. The van der Waals surface area contributed by atoms with Crippen LogP contribution in [0.15, 0.2) is 36.4 Å². The van der Waals surface area contributed by atoms with Crippen LogP contribution in [-0.2, 0) is 11.3 Å². The van der Waals surface area contributed by atoms with Crippen LogP contribution >= 0.6 is 11.6 Å². The maximum Gasteiger partial charge on any atom is 0.270 e. The molecule has 1 aliphatic rings. The van der Waals surface area contributed by atoms with Crippen LogP contribution in [0.25, 0.3) is 11.3 Å². The van der Waals surface area contributed by atoms with Crippen molar-refractivity contribution in [2.75, 3.05) is 13.1 Å². The molecule has 0 bridgehead atoms. The fourth-order valence-corrected chi connectivity index (χ4v) is 3.47. The highest BCUT2D eigenvalue weighted by Crippen LogP contribution is 2.26. The lowest BCUT2D eigenvalue weighted by atomic mass is 10.1. The minimum atomic E-state index is -0.411. The molecular formula is C18H20ClN3O3. The third-order valence-corrected chi connectivity index (χ3v) is 4.30. The average Bonchev–Trinajstić information content (AvgIpc) is 2.53. The van der Waals surface area contributed by atoms with Crippen LogP contribution in [-0.4, -0.2) is 40.1 Å². The largest absolute Gasteiger partial charge is 0.373 e. The van der Waals surface area contributed by atoms with Gasteiger partial charge < -0.3 is 4.74 Å². The van der Waals surface area contributed by atoms with Crippen molar-refractivity contribution in [2.24, 2.45) is 0 Å². The molecule has 25 heavy (non-hydrogen) atoms. The third-order valence-electron chi connectivity index (χ3n) is 4.11. The lowest BCUT2D eigenvalue weighted by Crippen LogP contribution is -2.44. The summed E-state index contributed by atoms with van der Waals surface area (Å²) in [6.45, 7) is 6.59. The molecule has 2 aromatic rings. The molecule has 2 atom stereocenters. The summed E-state index contributed by atoms with van der Waals surface area (Å²) in [6, 6.07) is 10.2.